The van der Waals surface area contributed by atoms with Crippen LogP contribution in [-0.4, -0.2) is 30.6 Å². The Balaban J connectivity index is 1.33. The molecule has 0 unspecified atom stereocenters. The summed E-state index contributed by atoms with van der Waals surface area (Å²) >= 11 is 0. The number of hydrogen-bond donors (Lipinski definition) is 2. The van der Waals surface area contributed by atoms with E-state index in [4.69, 9.17) is 13.9 Å². The number of carbonyl (C=O) groups excluding carboxylic acids is 3. The summed E-state index contributed by atoms with van der Waals surface area (Å²) in [5.74, 6) is -0.556. The van der Waals surface area contributed by atoms with Gasteiger partial charge in [0.25, 0.3) is 11.8 Å². The van der Waals surface area contributed by atoms with Gasteiger partial charge in [-0.25, -0.2) is 10.2 Å². The molecule has 0 saturated heterocycles. The number of nitrogens with one attached hydrogen (secondary N) is 2. The molecular weight excluding hydrogens is 498 g/mol. The molecule has 3 aromatic carbocycles. The molecule has 1 aromatic heterocycles. The number of hydrazone groups is 1. The van der Waals surface area contributed by atoms with Gasteiger partial charge < -0.3 is 19.2 Å². The number of amides is 2. The standard InChI is InChI=1S/C30H25N3O6/c1-2-37-27-19-22(10-16-25(27)39-28(34)17-11-21-7-4-3-5-8-21)20-31-33-29(35)23-12-14-24(15-13-23)32-30(36)26-9-6-18-38-26/h3-20H,2H2,1H3,(H,32,36)(H,33,35)/b17-11+,31-20-. The monoisotopic (exact) mass is 523 g/mol. The predicted molar refractivity (Wildman–Crippen MR) is 147 cm³/mol. The van der Waals surface area contributed by atoms with Crippen molar-refractivity contribution >= 4 is 35.8 Å². The van der Waals surface area contributed by atoms with E-state index in [1.165, 1.54) is 18.6 Å². The van der Waals surface area contributed by atoms with Crippen LogP contribution in [0.2, 0.25) is 0 Å². The van der Waals surface area contributed by atoms with Crippen LogP contribution in [0.3, 0.4) is 0 Å². The first-order valence-corrected chi connectivity index (χ1v) is 12.0. The van der Waals surface area contributed by atoms with E-state index in [9.17, 15) is 14.4 Å². The molecule has 0 aliphatic heterocycles. The highest BCUT2D eigenvalue weighted by molar-refractivity contribution is 6.02. The molecule has 0 spiro atoms. The largest absolute Gasteiger partial charge is 0.490 e. The normalized spacial score (nSPS) is 10.9. The Kier molecular flexibility index (Phi) is 9.01. The molecule has 0 aliphatic rings. The fraction of sp³-hybridized carbons (Fsp3) is 0.0667. The third-order valence-corrected chi connectivity index (χ3v) is 5.22. The molecule has 1 heterocycles. The number of nitrogens with zero attached hydrogens (tertiary/aromatic N) is 1. The van der Waals surface area contributed by atoms with Crippen molar-refractivity contribution in [2.24, 2.45) is 5.10 Å². The fourth-order valence-corrected chi connectivity index (χ4v) is 3.36. The van der Waals surface area contributed by atoms with Gasteiger partial charge in [-0.2, -0.15) is 5.10 Å². The molecule has 196 valence electrons. The minimum Gasteiger partial charge on any atom is -0.490 e. The van der Waals surface area contributed by atoms with Gasteiger partial charge in [-0.3, -0.25) is 9.59 Å². The van der Waals surface area contributed by atoms with Crippen molar-refractivity contribution in [3.8, 4) is 11.5 Å². The van der Waals surface area contributed by atoms with Crippen molar-refractivity contribution in [2.75, 3.05) is 11.9 Å². The van der Waals surface area contributed by atoms with Gasteiger partial charge in [-0.1, -0.05) is 30.3 Å². The van der Waals surface area contributed by atoms with Crippen LogP contribution in [0.1, 0.15) is 39.0 Å². The van der Waals surface area contributed by atoms with E-state index in [1.807, 2.05) is 37.3 Å². The summed E-state index contributed by atoms with van der Waals surface area (Å²) in [6.45, 7) is 2.18. The van der Waals surface area contributed by atoms with Crippen molar-refractivity contribution in [1.82, 2.24) is 5.43 Å². The van der Waals surface area contributed by atoms with Crippen LogP contribution in [0.15, 0.2) is 107 Å². The van der Waals surface area contributed by atoms with Crippen molar-refractivity contribution in [2.45, 2.75) is 6.92 Å². The molecule has 39 heavy (non-hydrogen) atoms. The molecule has 4 rings (SSSR count). The molecule has 4 aromatic rings. The van der Waals surface area contributed by atoms with Crippen molar-refractivity contribution < 1.29 is 28.3 Å². The summed E-state index contributed by atoms with van der Waals surface area (Å²) in [5, 5.41) is 6.68. The van der Waals surface area contributed by atoms with E-state index in [-0.39, 0.29) is 11.5 Å². The zero-order valence-corrected chi connectivity index (χ0v) is 21.0. The van der Waals surface area contributed by atoms with Crippen LogP contribution < -0.4 is 20.2 Å². The van der Waals surface area contributed by atoms with Crippen LogP contribution in [0.4, 0.5) is 5.69 Å². The maximum absolute atomic E-state index is 12.4. The van der Waals surface area contributed by atoms with Crippen molar-refractivity contribution in [3.63, 3.8) is 0 Å². The fourth-order valence-electron chi connectivity index (χ4n) is 3.36. The third-order valence-electron chi connectivity index (χ3n) is 5.22. The minimum absolute atomic E-state index is 0.185. The lowest BCUT2D eigenvalue weighted by atomic mass is 10.2. The van der Waals surface area contributed by atoms with Gasteiger partial charge in [-0.15, -0.1) is 0 Å². The highest BCUT2D eigenvalue weighted by atomic mass is 16.6. The molecule has 2 N–H and O–H groups in total. The van der Waals surface area contributed by atoms with E-state index in [0.717, 1.165) is 5.56 Å². The second-order valence-electron chi connectivity index (χ2n) is 8.01. The molecule has 0 radical (unpaired) electrons. The van der Waals surface area contributed by atoms with Crippen LogP contribution in [0.5, 0.6) is 11.5 Å². The smallest absolute Gasteiger partial charge is 0.336 e. The van der Waals surface area contributed by atoms with E-state index in [1.54, 1.807) is 60.7 Å². The first-order chi connectivity index (χ1) is 19.0. The van der Waals surface area contributed by atoms with E-state index in [0.29, 0.717) is 29.2 Å². The first kappa shape index (κ1) is 26.6. The SMILES string of the molecule is CCOc1cc(/C=N\NC(=O)c2ccc(NC(=O)c3ccco3)cc2)ccc1OC(=O)/C=C/c1ccccc1. The number of anilines is 1. The van der Waals surface area contributed by atoms with Gasteiger partial charge >= 0.3 is 5.97 Å². The minimum atomic E-state index is -0.542. The summed E-state index contributed by atoms with van der Waals surface area (Å²) in [7, 11) is 0. The zero-order chi connectivity index (χ0) is 27.5. The van der Waals surface area contributed by atoms with Crippen LogP contribution in [-0.2, 0) is 4.79 Å². The number of ether oxygens (including phenoxy) is 2. The Labute approximate surface area is 224 Å². The molecule has 2 amide bonds. The average Bonchev–Trinajstić information content (AvgIpc) is 3.50. The van der Waals surface area contributed by atoms with Gasteiger partial charge in [0.1, 0.15) is 0 Å². The molecular formula is C30H25N3O6. The van der Waals surface area contributed by atoms with E-state index >= 15 is 0 Å². The molecule has 0 fully saturated rings. The van der Waals surface area contributed by atoms with Crippen molar-refractivity contribution in [3.05, 3.63) is 120 Å². The van der Waals surface area contributed by atoms with Crippen LogP contribution >= 0.6 is 0 Å². The third kappa shape index (κ3) is 7.77. The second-order valence-corrected chi connectivity index (χ2v) is 8.01. The highest BCUT2D eigenvalue weighted by Gasteiger charge is 2.11. The van der Waals surface area contributed by atoms with Crippen LogP contribution in [0.25, 0.3) is 6.08 Å². The quantitative estimate of drug-likeness (QED) is 0.0956. The Morgan fingerprint density at radius 1 is 0.872 bits per heavy atom. The molecule has 0 bridgehead atoms. The van der Waals surface area contributed by atoms with Gasteiger partial charge in [0.15, 0.2) is 17.3 Å². The number of benzene rings is 3. The Hall–Kier alpha value is -5.44. The second kappa shape index (κ2) is 13.2. The lowest BCUT2D eigenvalue weighted by Gasteiger charge is -2.10. The van der Waals surface area contributed by atoms with E-state index in [2.05, 4.69) is 15.8 Å². The summed E-state index contributed by atoms with van der Waals surface area (Å²) in [4.78, 5) is 36.8. The molecule has 0 aliphatic carbocycles. The predicted octanol–water partition coefficient (Wildman–Crippen LogP) is 5.31. The number of rotatable bonds is 10. The molecule has 9 heteroatoms. The summed E-state index contributed by atoms with van der Waals surface area (Å²) in [6.07, 6.45) is 5.86. The number of esters is 1. The first-order valence-electron chi connectivity index (χ1n) is 12.0. The maximum atomic E-state index is 12.4. The molecule has 9 nitrogen and oxygen atoms in total. The Morgan fingerprint density at radius 3 is 2.38 bits per heavy atom. The van der Waals surface area contributed by atoms with Crippen LogP contribution in [0, 0.1) is 0 Å². The highest BCUT2D eigenvalue weighted by Crippen LogP contribution is 2.28. The number of furan rings is 1. The van der Waals surface area contributed by atoms with Crippen molar-refractivity contribution in [1.29, 1.82) is 0 Å². The number of carbonyl (C=O) groups is 3. The van der Waals surface area contributed by atoms with Gasteiger partial charge in [-0.05, 0) is 78.7 Å². The maximum Gasteiger partial charge on any atom is 0.336 e. The number of hydrogen-bond acceptors (Lipinski definition) is 7. The molecule has 0 atom stereocenters. The van der Waals surface area contributed by atoms with Gasteiger partial charge in [0, 0.05) is 17.3 Å². The Morgan fingerprint density at radius 2 is 1.67 bits per heavy atom. The topological polar surface area (TPSA) is 119 Å². The van der Waals surface area contributed by atoms with E-state index < -0.39 is 17.8 Å². The Bertz CT molecular complexity index is 1480. The summed E-state index contributed by atoms with van der Waals surface area (Å²) in [6, 6.07) is 23.8. The van der Waals surface area contributed by atoms with Gasteiger partial charge in [0.05, 0.1) is 19.1 Å². The lowest BCUT2D eigenvalue weighted by Crippen LogP contribution is -2.17. The average molecular weight is 524 g/mol. The van der Waals surface area contributed by atoms with Gasteiger partial charge in [0.2, 0.25) is 0 Å². The lowest BCUT2D eigenvalue weighted by molar-refractivity contribution is -0.129. The summed E-state index contributed by atoms with van der Waals surface area (Å²) in [5.41, 5.74) is 4.81. The summed E-state index contributed by atoms with van der Waals surface area (Å²) < 4.78 is 16.1. The molecule has 0 saturated carbocycles. The zero-order valence-electron chi connectivity index (χ0n) is 21.0.